The van der Waals surface area contributed by atoms with Crippen molar-refractivity contribution in [3.05, 3.63) is 34.3 Å². The Morgan fingerprint density at radius 3 is 2.60 bits per heavy atom. The van der Waals surface area contributed by atoms with Gasteiger partial charge in [0, 0.05) is 24.0 Å². The third-order valence-electron chi connectivity index (χ3n) is 3.81. The zero-order valence-corrected chi connectivity index (χ0v) is 13.0. The predicted molar refractivity (Wildman–Crippen MR) is 79.5 cm³/mol. The minimum absolute atomic E-state index is 0.0455. The normalized spacial score (nSPS) is 19.9. The van der Waals surface area contributed by atoms with Gasteiger partial charge >= 0.3 is 5.97 Å². The fourth-order valence-electron chi connectivity index (χ4n) is 2.49. The summed E-state index contributed by atoms with van der Waals surface area (Å²) in [4.78, 5) is 24.8. The van der Waals surface area contributed by atoms with Crippen LogP contribution in [0.2, 0.25) is 0 Å². The second-order valence-corrected chi connectivity index (χ2v) is 6.24. The molecule has 1 saturated heterocycles. The summed E-state index contributed by atoms with van der Waals surface area (Å²) < 4.78 is 1.02. The van der Waals surface area contributed by atoms with Gasteiger partial charge in [0.1, 0.15) is 0 Å². The largest absolute Gasteiger partial charge is 0.481 e. The standard InChI is InChI=1S/C15H18BrNO3/c1-10(11-2-4-13(16)5-3-11)8-14(18)17-7-6-12(9-17)15(19)20/h2-5,10,12H,6-9H2,1H3,(H,19,20). The molecule has 2 rings (SSSR count). The molecule has 2 unspecified atom stereocenters. The number of carbonyl (C=O) groups is 2. The van der Waals surface area contributed by atoms with Gasteiger partial charge in [0.05, 0.1) is 5.92 Å². The maximum Gasteiger partial charge on any atom is 0.308 e. The van der Waals surface area contributed by atoms with Gasteiger partial charge in [0.25, 0.3) is 0 Å². The summed E-state index contributed by atoms with van der Waals surface area (Å²) in [6.07, 6.45) is 0.988. The van der Waals surface area contributed by atoms with E-state index in [4.69, 9.17) is 5.11 Å². The van der Waals surface area contributed by atoms with Crippen molar-refractivity contribution in [2.45, 2.75) is 25.7 Å². The molecule has 0 radical (unpaired) electrons. The first-order chi connectivity index (χ1) is 9.47. The van der Waals surface area contributed by atoms with Gasteiger partial charge in [-0.2, -0.15) is 0 Å². The Bertz CT molecular complexity index is 500. The quantitative estimate of drug-likeness (QED) is 0.917. The Kier molecular flexibility index (Phi) is 4.81. The van der Waals surface area contributed by atoms with Crippen LogP contribution in [-0.4, -0.2) is 35.0 Å². The van der Waals surface area contributed by atoms with Crippen LogP contribution < -0.4 is 0 Å². The maximum atomic E-state index is 12.2. The van der Waals surface area contributed by atoms with Crippen LogP contribution >= 0.6 is 15.9 Å². The van der Waals surface area contributed by atoms with Crippen LogP contribution in [0.4, 0.5) is 0 Å². The molecule has 1 amide bonds. The lowest BCUT2D eigenvalue weighted by molar-refractivity contribution is -0.141. The summed E-state index contributed by atoms with van der Waals surface area (Å²) in [5.41, 5.74) is 1.12. The van der Waals surface area contributed by atoms with Crippen molar-refractivity contribution in [3.8, 4) is 0 Å². The number of aliphatic carboxylic acids is 1. The number of carbonyl (C=O) groups excluding carboxylic acids is 1. The molecule has 5 heteroatoms. The number of halogens is 1. The highest BCUT2D eigenvalue weighted by molar-refractivity contribution is 9.10. The molecule has 1 aliphatic heterocycles. The fourth-order valence-corrected chi connectivity index (χ4v) is 2.75. The van der Waals surface area contributed by atoms with Crippen molar-refractivity contribution in [2.75, 3.05) is 13.1 Å². The second-order valence-electron chi connectivity index (χ2n) is 5.32. The minimum Gasteiger partial charge on any atom is -0.481 e. The number of hydrogen-bond donors (Lipinski definition) is 1. The van der Waals surface area contributed by atoms with Gasteiger partial charge in [-0.05, 0) is 30.0 Å². The van der Waals surface area contributed by atoms with Crippen molar-refractivity contribution >= 4 is 27.8 Å². The first-order valence-electron chi connectivity index (χ1n) is 6.73. The van der Waals surface area contributed by atoms with Crippen LogP contribution in [0.15, 0.2) is 28.7 Å². The van der Waals surface area contributed by atoms with E-state index in [1.807, 2.05) is 31.2 Å². The molecule has 1 fully saturated rings. The molecule has 1 aliphatic rings. The molecule has 4 nitrogen and oxygen atoms in total. The smallest absolute Gasteiger partial charge is 0.308 e. The summed E-state index contributed by atoms with van der Waals surface area (Å²) >= 11 is 3.39. The summed E-state index contributed by atoms with van der Waals surface area (Å²) in [6, 6.07) is 7.94. The Labute approximate surface area is 126 Å². The van der Waals surface area contributed by atoms with Crippen LogP contribution in [0.25, 0.3) is 0 Å². The SMILES string of the molecule is CC(CC(=O)N1CCC(C(=O)O)C1)c1ccc(Br)cc1. The lowest BCUT2D eigenvalue weighted by Gasteiger charge is -2.19. The Balaban J connectivity index is 1.91. The van der Waals surface area contributed by atoms with E-state index in [0.717, 1.165) is 10.0 Å². The first kappa shape index (κ1) is 15.0. The van der Waals surface area contributed by atoms with E-state index >= 15 is 0 Å². The van der Waals surface area contributed by atoms with Crippen molar-refractivity contribution in [1.82, 2.24) is 4.90 Å². The van der Waals surface area contributed by atoms with Crippen LogP contribution in [0, 0.1) is 5.92 Å². The number of hydrogen-bond acceptors (Lipinski definition) is 2. The third-order valence-corrected chi connectivity index (χ3v) is 4.34. The lowest BCUT2D eigenvalue weighted by atomic mass is 9.97. The average Bonchev–Trinajstić information content (AvgIpc) is 2.89. The molecule has 2 atom stereocenters. The van der Waals surface area contributed by atoms with Crippen molar-refractivity contribution < 1.29 is 14.7 Å². The lowest BCUT2D eigenvalue weighted by Crippen LogP contribution is -2.30. The van der Waals surface area contributed by atoms with Gasteiger partial charge in [0.2, 0.25) is 5.91 Å². The number of likely N-dealkylation sites (tertiary alicyclic amines) is 1. The number of rotatable bonds is 4. The molecule has 20 heavy (non-hydrogen) atoms. The molecule has 1 aromatic carbocycles. The van der Waals surface area contributed by atoms with Crippen LogP contribution in [0.3, 0.4) is 0 Å². The van der Waals surface area contributed by atoms with Crippen molar-refractivity contribution in [2.24, 2.45) is 5.92 Å². The topological polar surface area (TPSA) is 57.6 Å². The van der Waals surface area contributed by atoms with Crippen LogP contribution in [-0.2, 0) is 9.59 Å². The molecule has 0 bridgehead atoms. The van der Waals surface area contributed by atoms with Gasteiger partial charge in [0.15, 0.2) is 0 Å². The van der Waals surface area contributed by atoms with E-state index in [1.54, 1.807) is 4.90 Å². The summed E-state index contributed by atoms with van der Waals surface area (Å²) in [6.45, 7) is 2.93. The monoisotopic (exact) mass is 339 g/mol. The van der Waals surface area contributed by atoms with E-state index in [1.165, 1.54) is 0 Å². The van der Waals surface area contributed by atoms with Crippen molar-refractivity contribution in [3.63, 3.8) is 0 Å². The molecule has 1 N–H and O–H groups in total. The highest BCUT2D eigenvalue weighted by Gasteiger charge is 2.31. The summed E-state index contributed by atoms with van der Waals surface area (Å²) in [5.74, 6) is -1.02. The maximum absolute atomic E-state index is 12.2. The predicted octanol–water partition coefficient (Wildman–Crippen LogP) is 2.88. The zero-order chi connectivity index (χ0) is 14.7. The highest BCUT2D eigenvalue weighted by Crippen LogP contribution is 2.24. The zero-order valence-electron chi connectivity index (χ0n) is 11.4. The number of nitrogens with zero attached hydrogens (tertiary/aromatic N) is 1. The second kappa shape index (κ2) is 6.39. The van der Waals surface area contributed by atoms with E-state index in [-0.39, 0.29) is 11.8 Å². The summed E-state index contributed by atoms with van der Waals surface area (Å²) in [5, 5.41) is 8.96. The molecular formula is C15H18BrNO3. The van der Waals surface area contributed by atoms with Crippen molar-refractivity contribution in [1.29, 1.82) is 0 Å². The molecule has 108 valence electrons. The number of carboxylic acid groups (broad SMARTS) is 1. The average molecular weight is 340 g/mol. The molecule has 0 aliphatic carbocycles. The van der Waals surface area contributed by atoms with Gasteiger partial charge in [-0.25, -0.2) is 0 Å². The van der Waals surface area contributed by atoms with Gasteiger partial charge in [-0.3, -0.25) is 9.59 Å². The molecular weight excluding hydrogens is 322 g/mol. The molecule has 1 aromatic rings. The van der Waals surface area contributed by atoms with Crippen LogP contribution in [0.1, 0.15) is 31.2 Å². The van der Waals surface area contributed by atoms with E-state index < -0.39 is 11.9 Å². The number of carboxylic acids is 1. The van der Waals surface area contributed by atoms with Gasteiger partial charge in [-0.1, -0.05) is 35.0 Å². The Hall–Kier alpha value is -1.36. The molecule has 1 heterocycles. The van der Waals surface area contributed by atoms with Crippen LogP contribution in [0.5, 0.6) is 0 Å². The van der Waals surface area contributed by atoms with Gasteiger partial charge < -0.3 is 10.0 Å². The fraction of sp³-hybridized carbons (Fsp3) is 0.467. The number of benzene rings is 1. The van der Waals surface area contributed by atoms with E-state index in [9.17, 15) is 9.59 Å². The minimum atomic E-state index is -0.804. The highest BCUT2D eigenvalue weighted by atomic mass is 79.9. The Morgan fingerprint density at radius 2 is 2.05 bits per heavy atom. The van der Waals surface area contributed by atoms with E-state index in [0.29, 0.717) is 25.9 Å². The molecule has 0 aromatic heterocycles. The molecule has 0 spiro atoms. The van der Waals surface area contributed by atoms with E-state index in [2.05, 4.69) is 15.9 Å². The third kappa shape index (κ3) is 3.60. The number of amides is 1. The molecule has 0 saturated carbocycles. The Morgan fingerprint density at radius 1 is 1.40 bits per heavy atom. The first-order valence-corrected chi connectivity index (χ1v) is 7.52. The van der Waals surface area contributed by atoms with Gasteiger partial charge in [-0.15, -0.1) is 0 Å². The summed E-state index contributed by atoms with van der Waals surface area (Å²) in [7, 11) is 0.